The molecule has 2 saturated heterocycles. The molecule has 0 bridgehead atoms. The molecule has 7 heteroatoms. The van der Waals surface area contributed by atoms with Crippen LogP contribution >= 0.6 is 0 Å². The van der Waals surface area contributed by atoms with Crippen molar-refractivity contribution >= 4 is 11.8 Å². The van der Waals surface area contributed by atoms with E-state index in [9.17, 15) is 18.4 Å². The first kappa shape index (κ1) is 12.2. The topological polar surface area (TPSA) is 58.6 Å². The van der Waals surface area contributed by atoms with Gasteiger partial charge in [0.05, 0.1) is 6.10 Å². The predicted molar refractivity (Wildman–Crippen MR) is 53.2 cm³/mol. The number of halogens is 2. The smallest absolute Gasteiger partial charge is 0.345 e. The molecule has 1 N–H and O–H groups in total. The minimum Gasteiger partial charge on any atom is -0.355 e. The summed E-state index contributed by atoms with van der Waals surface area (Å²) in [5, 5.41) is 2.60. The van der Waals surface area contributed by atoms with Gasteiger partial charge in [-0.05, 0) is 13.3 Å². The van der Waals surface area contributed by atoms with Crippen LogP contribution < -0.4 is 5.32 Å². The van der Waals surface area contributed by atoms with Crippen molar-refractivity contribution in [2.45, 2.75) is 26.1 Å². The number of likely N-dealkylation sites (tertiary alicyclic amines) is 1. The van der Waals surface area contributed by atoms with Gasteiger partial charge in [0.25, 0.3) is 0 Å². The van der Waals surface area contributed by atoms with Gasteiger partial charge < -0.3 is 15.0 Å². The molecule has 1 unspecified atom stereocenters. The van der Waals surface area contributed by atoms with Crippen LogP contribution in [0.15, 0.2) is 0 Å². The van der Waals surface area contributed by atoms with Crippen LogP contribution in [0.25, 0.3) is 0 Å². The van der Waals surface area contributed by atoms with Gasteiger partial charge in [-0.1, -0.05) is 0 Å². The second kappa shape index (κ2) is 4.21. The Hall–Kier alpha value is -1.24. The average molecular weight is 248 g/mol. The third-order valence-corrected chi connectivity index (χ3v) is 3.31. The largest absolute Gasteiger partial charge is 0.355 e. The zero-order valence-corrected chi connectivity index (χ0v) is 9.41. The third kappa shape index (κ3) is 2.11. The second-order valence-electron chi connectivity index (χ2n) is 4.57. The van der Waals surface area contributed by atoms with Gasteiger partial charge in [-0.15, -0.1) is 0 Å². The number of rotatable bonds is 3. The summed E-state index contributed by atoms with van der Waals surface area (Å²) in [6, 6.07) is 0. The first-order valence-corrected chi connectivity index (χ1v) is 5.45. The van der Waals surface area contributed by atoms with Gasteiger partial charge in [0.1, 0.15) is 5.41 Å². The summed E-state index contributed by atoms with van der Waals surface area (Å²) in [6.07, 6.45) is -0.173. The van der Waals surface area contributed by atoms with Crippen LogP contribution in [-0.4, -0.2) is 49.1 Å². The van der Waals surface area contributed by atoms with E-state index in [-0.39, 0.29) is 24.9 Å². The Bertz CT molecular complexity index is 344. The maximum atomic E-state index is 12.0. The molecule has 96 valence electrons. The molecule has 2 aliphatic heterocycles. The first-order chi connectivity index (χ1) is 7.93. The Morgan fingerprint density at radius 2 is 2.24 bits per heavy atom. The molecule has 0 spiro atoms. The Balaban J connectivity index is 1.89. The van der Waals surface area contributed by atoms with E-state index in [1.54, 1.807) is 6.92 Å². The summed E-state index contributed by atoms with van der Waals surface area (Å²) < 4.78 is 28.0. The second-order valence-corrected chi connectivity index (χ2v) is 4.57. The number of nitrogens with one attached hydrogen (secondary N) is 1. The lowest BCUT2D eigenvalue weighted by Gasteiger charge is -2.41. The Labute approximate surface area is 97.1 Å². The first-order valence-electron chi connectivity index (χ1n) is 5.45. The van der Waals surface area contributed by atoms with Gasteiger partial charge in [-0.3, -0.25) is 9.59 Å². The summed E-state index contributed by atoms with van der Waals surface area (Å²) in [5.74, 6) is -0.595. The summed E-state index contributed by atoms with van der Waals surface area (Å²) in [4.78, 5) is 24.9. The van der Waals surface area contributed by atoms with E-state index in [1.165, 1.54) is 4.90 Å². The third-order valence-electron chi connectivity index (χ3n) is 3.31. The highest BCUT2D eigenvalue weighted by atomic mass is 19.3. The quantitative estimate of drug-likeness (QED) is 0.713. The number of carbonyl (C=O) groups excluding carboxylic acids is 2. The molecule has 0 aromatic carbocycles. The number of carbonyl (C=O) groups is 2. The van der Waals surface area contributed by atoms with Crippen molar-refractivity contribution < 1.29 is 23.1 Å². The maximum absolute atomic E-state index is 12.0. The molecule has 0 aromatic rings. The highest BCUT2D eigenvalue weighted by Gasteiger charge is 2.49. The van der Waals surface area contributed by atoms with E-state index in [0.717, 1.165) is 0 Å². The molecule has 0 aliphatic carbocycles. The number of alkyl halides is 2. The number of hydrogen-bond acceptors (Lipinski definition) is 3. The van der Waals surface area contributed by atoms with E-state index in [1.807, 2.05) is 0 Å². The lowest BCUT2D eigenvalue weighted by Crippen LogP contribution is -2.59. The molecule has 2 fully saturated rings. The van der Waals surface area contributed by atoms with Gasteiger partial charge in [0, 0.05) is 19.6 Å². The van der Waals surface area contributed by atoms with Gasteiger partial charge in [-0.25, -0.2) is 0 Å². The molecule has 17 heavy (non-hydrogen) atoms. The van der Waals surface area contributed by atoms with E-state index in [0.29, 0.717) is 13.0 Å². The fourth-order valence-corrected chi connectivity index (χ4v) is 2.12. The summed E-state index contributed by atoms with van der Waals surface area (Å²) in [7, 11) is 0. The fourth-order valence-electron chi connectivity index (χ4n) is 2.12. The maximum Gasteiger partial charge on any atom is 0.345 e. The van der Waals surface area contributed by atoms with Crippen molar-refractivity contribution in [1.82, 2.24) is 10.2 Å². The van der Waals surface area contributed by atoms with E-state index in [2.05, 4.69) is 10.1 Å². The number of ether oxygens (including phenoxy) is 1. The average Bonchev–Trinajstić information content (AvgIpc) is 2.52. The monoisotopic (exact) mass is 248 g/mol. The van der Waals surface area contributed by atoms with Crippen molar-refractivity contribution in [3.63, 3.8) is 0 Å². The lowest BCUT2D eigenvalue weighted by atomic mass is 9.86. The molecule has 0 aromatic heterocycles. The van der Waals surface area contributed by atoms with E-state index < -0.39 is 18.1 Å². The highest BCUT2D eigenvalue weighted by Crippen LogP contribution is 2.31. The fraction of sp³-hybridized carbons (Fsp3) is 0.800. The lowest BCUT2D eigenvalue weighted by molar-refractivity contribution is -0.202. The summed E-state index contributed by atoms with van der Waals surface area (Å²) in [5.41, 5.74) is -1.05. The Morgan fingerprint density at radius 1 is 1.59 bits per heavy atom. The summed E-state index contributed by atoms with van der Waals surface area (Å²) in [6.45, 7) is -0.495. The molecular weight excluding hydrogens is 234 g/mol. The van der Waals surface area contributed by atoms with Crippen LogP contribution in [-0.2, 0) is 14.3 Å². The molecule has 2 amide bonds. The normalized spacial score (nSPS) is 29.4. The minimum atomic E-state index is -2.82. The predicted octanol–water partition coefficient (Wildman–Crippen LogP) is -0.0374. The molecule has 2 rings (SSSR count). The van der Waals surface area contributed by atoms with Crippen molar-refractivity contribution in [2.75, 3.05) is 19.6 Å². The van der Waals surface area contributed by atoms with Crippen LogP contribution in [0, 0.1) is 5.41 Å². The van der Waals surface area contributed by atoms with Crippen molar-refractivity contribution in [2.24, 2.45) is 5.41 Å². The summed E-state index contributed by atoms with van der Waals surface area (Å²) >= 11 is 0. The molecular formula is C10H14F2N2O3. The van der Waals surface area contributed by atoms with Crippen LogP contribution in [0.3, 0.4) is 0 Å². The minimum absolute atomic E-state index is 0.131. The zero-order chi connectivity index (χ0) is 12.6. The van der Waals surface area contributed by atoms with Crippen LogP contribution in [0.2, 0.25) is 0 Å². The Kier molecular flexibility index (Phi) is 3.03. The van der Waals surface area contributed by atoms with E-state index >= 15 is 0 Å². The zero-order valence-electron chi connectivity index (χ0n) is 9.41. The molecule has 1 atom stereocenters. The highest BCUT2D eigenvalue weighted by molar-refractivity contribution is 6.06. The van der Waals surface area contributed by atoms with Crippen molar-refractivity contribution in [3.05, 3.63) is 0 Å². The van der Waals surface area contributed by atoms with Crippen LogP contribution in [0.4, 0.5) is 8.78 Å². The molecule has 2 heterocycles. The van der Waals surface area contributed by atoms with Gasteiger partial charge in [-0.2, -0.15) is 8.78 Å². The van der Waals surface area contributed by atoms with Gasteiger partial charge in [0.15, 0.2) is 0 Å². The number of hydrogen-bond donors (Lipinski definition) is 1. The van der Waals surface area contributed by atoms with Gasteiger partial charge >= 0.3 is 6.61 Å². The molecule has 5 nitrogen and oxygen atoms in total. The Morgan fingerprint density at radius 3 is 2.71 bits per heavy atom. The van der Waals surface area contributed by atoms with Crippen molar-refractivity contribution in [3.8, 4) is 0 Å². The van der Waals surface area contributed by atoms with E-state index in [4.69, 9.17) is 0 Å². The molecule has 2 aliphatic rings. The standard InChI is InChI=1S/C10H14F2N2O3/c1-10(2-3-13-7(10)15)8(16)14-4-6(5-14)17-9(11)12/h6,9H,2-5H2,1H3,(H,13,15). The SMILES string of the molecule is CC1(C(=O)N2CC(OC(F)F)C2)CCNC1=O. The molecule has 0 saturated carbocycles. The van der Waals surface area contributed by atoms with Crippen molar-refractivity contribution in [1.29, 1.82) is 0 Å². The number of nitrogens with zero attached hydrogens (tertiary/aromatic N) is 1. The van der Waals surface area contributed by atoms with Crippen LogP contribution in [0.5, 0.6) is 0 Å². The number of amides is 2. The van der Waals surface area contributed by atoms with Gasteiger partial charge in [0.2, 0.25) is 11.8 Å². The van der Waals surface area contributed by atoms with Crippen LogP contribution in [0.1, 0.15) is 13.3 Å². The molecule has 0 radical (unpaired) electrons.